The van der Waals surface area contributed by atoms with E-state index >= 15 is 0 Å². The summed E-state index contributed by atoms with van der Waals surface area (Å²) in [6.45, 7) is 3.67. The standard InChI is InChI=1S/C12H17NO5S/c1-12(2)8(11(16)17)13-9(15)6(10(13)19-12)4-5-7(14)18-3/h6,8,10H,4-5H2,1-3H3,(H,16,17)/t6-,8+,10-/m1/s1. The molecule has 0 radical (unpaired) electrons. The Bertz CT molecular complexity index is 436. The molecule has 2 saturated heterocycles. The van der Waals surface area contributed by atoms with Crippen LogP contribution in [0.5, 0.6) is 0 Å². The molecule has 0 bridgehead atoms. The normalized spacial score (nSPS) is 31.6. The number of β-lactam (4-membered cyclic amide) rings is 1. The largest absolute Gasteiger partial charge is 0.480 e. The van der Waals surface area contributed by atoms with Gasteiger partial charge in [0.2, 0.25) is 5.91 Å². The highest BCUT2D eigenvalue weighted by Gasteiger charge is 2.63. The summed E-state index contributed by atoms with van der Waals surface area (Å²) in [6.07, 6.45) is 0.609. The van der Waals surface area contributed by atoms with Crippen LogP contribution in [0.1, 0.15) is 26.7 Å². The van der Waals surface area contributed by atoms with Gasteiger partial charge in [-0.15, -0.1) is 11.8 Å². The SMILES string of the molecule is COC(=O)CC[C@@H]1C(=O)N2[C@@H]1SC(C)(C)[C@@H]2C(=O)O. The van der Waals surface area contributed by atoms with Crippen molar-refractivity contribution in [2.45, 2.75) is 42.9 Å². The molecule has 0 spiro atoms. The van der Waals surface area contributed by atoms with Crippen LogP contribution in [-0.2, 0) is 19.1 Å². The second kappa shape index (κ2) is 4.70. The number of rotatable bonds is 4. The van der Waals surface area contributed by atoms with Gasteiger partial charge in [0.05, 0.1) is 18.4 Å². The van der Waals surface area contributed by atoms with Gasteiger partial charge < -0.3 is 14.7 Å². The van der Waals surface area contributed by atoms with Crippen molar-refractivity contribution in [3.05, 3.63) is 0 Å². The third-order valence-corrected chi connectivity index (χ3v) is 5.30. The summed E-state index contributed by atoms with van der Waals surface area (Å²) < 4.78 is 4.04. The molecule has 1 amide bonds. The van der Waals surface area contributed by atoms with Crippen molar-refractivity contribution in [1.82, 2.24) is 4.90 Å². The zero-order valence-corrected chi connectivity index (χ0v) is 11.9. The Morgan fingerprint density at radius 3 is 2.63 bits per heavy atom. The molecule has 2 aliphatic heterocycles. The fourth-order valence-corrected chi connectivity index (χ4v) is 4.45. The van der Waals surface area contributed by atoms with Crippen molar-refractivity contribution in [1.29, 1.82) is 0 Å². The zero-order valence-electron chi connectivity index (χ0n) is 11.1. The fraction of sp³-hybridized carbons (Fsp3) is 0.750. The van der Waals surface area contributed by atoms with Crippen LogP contribution in [-0.4, -0.2) is 51.1 Å². The maximum atomic E-state index is 12.0. The molecule has 0 unspecified atom stereocenters. The van der Waals surface area contributed by atoms with Gasteiger partial charge >= 0.3 is 11.9 Å². The Morgan fingerprint density at radius 1 is 1.47 bits per heavy atom. The maximum Gasteiger partial charge on any atom is 0.327 e. The molecule has 2 aliphatic rings. The van der Waals surface area contributed by atoms with Crippen molar-refractivity contribution >= 4 is 29.6 Å². The molecule has 2 fully saturated rings. The van der Waals surface area contributed by atoms with Crippen molar-refractivity contribution in [3.63, 3.8) is 0 Å². The quantitative estimate of drug-likeness (QED) is 0.605. The van der Waals surface area contributed by atoms with Gasteiger partial charge in [0, 0.05) is 11.2 Å². The Morgan fingerprint density at radius 2 is 2.11 bits per heavy atom. The number of carbonyl (C=O) groups excluding carboxylic acids is 2. The summed E-state index contributed by atoms with van der Waals surface area (Å²) in [5.41, 5.74) is 0. The highest BCUT2D eigenvalue weighted by Crippen LogP contribution is 2.54. The number of aliphatic carboxylic acids is 1. The van der Waals surface area contributed by atoms with Crippen molar-refractivity contribution in [2.24, 2.45) is 5.92 Å². The molecule has 1 N–H and O–H groups in total. The van der Waals surface area contributed by atoms with E-state index in [4.69, 9.17) is 0 Å². The van der Waals surface area contributed by atoms with E-state index in [1.54, 1.807) is 0 Å². The fourth-order valence-electron chi connectivity index (χ4n) is 2.73. The first-order chi connectivity index (χ1) is 8.79. The second-order valence-electron chi connectivity index (χ2n) is 5.32. The lowest BCUT2D eigenvalue weighted by Gasteiger charge is -2.43. The molecule has 106 valence electrons. The first-order valence-electron chi connectivity index (χ1n) is 6.09. The van der Waals surface area contributed by atoms with Gasteiger partial charge in [0.15, 0.2) is 0 Å². The molecule has 0 aromatic rings. The van der Waals surface area contributed by atoms with Gasteiger partial charge in [-0.25, -0.2) is 4.79 Å². The molecule has 0 aromatic carbocycles. The topological polar surface area (TPSA) is 83.9 Å². The van der Waals surface area contributed by atoms with Crippen LogP contribution >= 0.6 is 11.8 Å². The maximum absolute atomic E-state index is 12.0. The molecule has 2 heterocycles. The third kappa shape index (κ3) is 2.20. The van der Waals surface area contributed by atoms with E-state index < -0.39 is 16.8 Å². The number of ether oxygens (including phenoxy) is 1. The number of nitrogens with zero attached hydrogens (tertiary/aromatic N) is 1. The van der Waals surface area contributed by atoms with E-state index in [-0.39, 0.29) is 29.6 Å². The molecule has 0 saturated carbocycles. The van der Waals surface area contributed by atoms with Gasteiger partial charge in [-0.1, -0.05) is 0 Å². The van der Waals surface area contributed by atoms with Gasteiger partial charge in [-0.05, 0) is 20.3 Å². The molecule has 19 heavy (non-hydrogen) atoms. The van der Waals surface area contributed by atoms with Gasteiger partial charge in [0.1, 0.15) is 6.04 Å². The summed E-state index contributed by atoms with van der Waals surface area (Å²) in [5, 5.41) is 9.12. The lowest BCUT2D eigenvalue weighted by atomic mass is 9.89. The number of hydrogen-bond donors (Lipinski definition) is 1. The highest BCUT2D eigenvalue weighted by molar-refractivity contribution is 8.01. The van der Waals surface area contributed by atoms with Crippen LogP contribution in [0, 0.1) is 5.92 Å². The Labute approximate surface area is 115 Å². The predicted octanol–water partition coefficient (Wildman–Crippen LogP) is 0.703. The number of esters is 1. The van der Waals surface area contributed by atoms with E-state index in [9.17, 15) is 19.5 Å². The number of methoxy groups -OCH3 is 1. The zero-order chi connectivity index (χ0) is 14.4. The van der Waals surface area contributed by atoms with Crippen LogP contribution in [0.15, 0.2) is 0 Å². The van der Waals surface area contributed by atoms with Crippen molar-refractivity contribution in [3.8, 4) is 0 Å². The summed E-state index contributed by atoms with van der Waals surface area (Å²) >= 11 is 1.50. The lowest BCUT2D eigenvalue weighted by molar-refractivity contribution is -0.164. The Kier molecular flexibility index (Phi) is 3.51. The number of hydrogen-bond acceptors (Lipinski definition) is 5. The molecule has 3 atom stereocenters. The minimum absolute atomic E-state index is 0.131. The molecule has 2 rings (SSSR count). The van der Waals surface area contributed by atoms with Gasteiger partial charge in [-0.3, -0.25) is 9.59 Å². The van der Waals surface area contributed by atoms with Crippen molar-refractivity contribution in [2.75, 3.05) is 7.11 Å². The van der Waals surface area contributed by atoms with E-state index in [0.717, 1.165) is 0 Å². The first-order valence-corrected chi connectivity index (χ1v) is 6.97. The van der Waals surface area contributed by atoms with Crippen LogP contribution in [0.3, 0.4) is 0 Å². The average Bonchev–Trinajstić information content (AvgIpc) is 2.57. The summed E-state index contributed by atoms with van der Waals surface area (Å²) in [7, 11) is 1.31. The highest BCUT2D eigenvalue weighted by atomic mass is 32.2. The monoisotopic (exact) mass is 287 g/mol. The Hall–Kier alpha value is -1.24. The van der Waals surface area contributed by atoms with Crippen LogP contribution < -0.4 is 0 Å². The second-order valence-corrected chi connectivity index (χ2v) is 7.09. The van der Waals surface area contributed by atoms with Crippen LogP contribution in [0.25, 0.3) is 0 Å². The minimum atomic E-state index is -0.972. The molecular formula is C12H17NO5S. The molecular weight excluding hydrogens is 270 g/mol. The van der Waals surface area contributed by atoms with Crippen LogP contribution in [0.4, 0.5) is 0 Å². The van der Waals surface area contributed by atoms with Crippen LogP contribution in [0.2, 0.25) is 0 Å². The lowest BCUT2D eigenvalue weighted by Crippen LogP contribution is -2.62. The van der Waals surface area contributed by atoms with Gasteiger partial charge in [0.25, 0.3) is 0 Å². The number of amides is 1. The Balaban J connectivity index is 2.06. The molecule has 7 heteroatoms. The molecule has 0 aliphatic carbocycles. The first kappa shape index (κ1) is 14.2. The summed E-state index contributed by atoms with van der Waals surface area (Å²) in [5.74, 6) is -1.75. The average molecular weight is 287 g/mol. The molecule has 6 nitrogen and oxygen atoms in total. The predicted molar refractivity (Wildman–Crippen MR) is 68.5 cm³/mol. The number of fused-ring (bicyclic) bond motifs is 1. The smallest absolute Gasteiger partial charge is 0.327 e. The summed E-state index contributed by atoms with van der Waals surface area (Å²) in [4.78, 5) is 35.9. The van der Waals surface area contributed by atoms with Crippen molar-refractivity contribution < 1.29 is 24.2 Å². The van der Waals surface area contributed by atoms with E-state index in [1.165, 1.54) is 23.8 Å². The van der Waals surface area contributed by atoms with E-state index in [0.29, 0.717) is 6.42 Å². The van der Waals surface area contributed by atoms with E-state index in [2.05, 4.69) is 4.74 Å². The van der Waals surface area contributed by atoms with Gasteiger partial charge in [-0.2, -0.15) is 0 Å². The summed E-state index contributed by atoms with van der Waals surface area (Å²) in [6, 6.07) is -0.788. The number of carboxylic acids is 1. The minimum Gasteiger partial charge on any atom is -0.480 e. The number of thioether (sulfide) groups is 1. The number of carbonyl (C=O) groups is 3. The number of carboxylic acid groups (broad SMARTS) is 1. The van der Waals surface area contributed by atoms with E-state index in [1.807, 2.05) is 13.8 Å². The molecule has 0 aromatic heterocycles. The third-order valence-electron chi connectivity index (χ3n) is 3.67.